The maximum absolute atomic E-state index is 12.3. The number of rotatable bonds is 16. The minimum atomic E-state index is -1.28. The topological polar surface area (TPSA) is 191 Å². The Bertz CT molecular complexity index is 708. The lowest BCUT2D eigenvalue weighted by Crippen LogP contribution is -2.50. The second kappa shape index (κ2) is 15.6. The van der Waals surface area contributed by atoms with Crippen LogP contribution in [-0.4, -0.2) is 71.0 Å². The van der Waals surface area contributed by atoms with Gasteiger partial charge in [-0.25, -0.2) is 0 Å². The summed E-state index contributed by atoms with van der Waals surface area (Å²) in [6.45, 7) is 7.59. The molecule has 0 radical (unpaired) electrons. The zero-order valence-electron chi connectivity index (χ0n) is 19.6. The van der Waals surface area contributed by atoms with Gasteiger partial charge in [0.2, 0.25) is 23.6 Å². The highest BCUT2D eigenvalue weighted by atomic mass is 16.4. The number of nitrogens with one attached hydrogen (secondary N) is 4. The second-order valence-corrected chi connectivity index (χ2v) is 8.33. The van der Waals surface area contributed by atoms with Gasteiger partial charge in [-0.3, -0.25) is 28.8 Å². The molecular formula is C21H36N4O8. The number of carbonyl (C=O) groups is 6. The van der Waals surface area contributed by atoms with E-state index >= 15 is 0 Å². The van der Waals surface area contributed by atoms with Crippen LogP contribution in [0.25, 0.3) is 0 Å². The lowest BCUT2D eigenvalue weighted by Gasteiger charge is -2.22. The first-order chi connectivity index (χ1) is 15.3. The summed E-state index contributed by atoms with van der Waals surface area (Å²) in [7, 11) is 0. The number of amides is 4. The van der Waals surface area contributed by atoms with E-state index in [0.717, 1.165) is 0 Å². The van der Waals surface area contributed by atoms with Crippen LogP contribution in [0.2, 0.25) is 0 Å². The van der Waals surface area contributed by atoms with E-state index in [0.29, 0.717) is 25.9 Å². The molecule has 6 N–H and O–H groups in total. The highest BCUT2D eigenvalue weighted by Gasteiger charge is 2.25. The lowest BCUT2D eigenvalue weighted by molar-refractivity contribution is -0.142. The van der Waals surface area contributed by atoms with Crippen molar-refractivity contribution in [3.8, 4) is 0 Å². The molecule has 0 spiro atoms. The predicted octanol–water partition coefficient (Wildman–Crippen LogP) is -0.380. The molecule has 0 bridgehead atoms. The fraction of sp³-hybridized carbons (Fsp3) is 0.714. The number of hydrogen-bond acceptors (Lipinski definition) is 6. The smallest absolute Gasteiger partial charge is 0.312 e. The van der Waals surface area contributed by atoms with Gasteiger partial charge < -0.3 is 31.5 Å². The molecule has 0 aromatic carbocycles. The van der Waals surface area contributed by atoms with Crippen LogP contribution in [0, 0.1) is 11.8 Å². The number of carboxylic acid groups (broad SMARTS) is 2. The quantitative estimate of drug-likeness (QED) is 0.129. The largest absolute Gasteiger partial charge is 0.481 e. The summed E-state index contributed by atoms with van der Waals surface area (Å²) in [4.78, 5) is 69.2. The second-order valence-electron chi connectivity index (χ2n) is 8.33. The third-order valence-electron chi connectivity index (χ3n) is 4.61. The number of carbonyl (C=O) groups excluding carboxylic acids is 4. The van der Waals surface area contributed by atoms with Gasteiger partial charge in [-0.15, -0.1) is 0 Å². The molecule has 0 aliphatic rings. The van der Waals surface area contributed by atoms with Gasteiger partial charge in [0.15, 0.2) is 0 Å². The molecule has 0 saturated heterocycles. The average Bonchev–Trinajstić information content (AvgIpc) is 2.69. The molecule has 0 aliphatic heterocycles. The molecule has 33 heavy (non-hydrogen) atoms. The third kappa shape index (κ3) is 13.8. The average molecular weight is 473 g/mol. The minimum absolute atomic E-state index is 0.192. The van der Waals surface area contributed by atoms with E-state index in [4.69, 9.17) is 10.2 Å². The zero-order chi connectivity index (χ0) is 25.6. The van der Waals surface area contributed by atoms with Crippen molar-refractivity contribution in [2.75, 3.05) is 13.1 Å². The molecular weight excluding hydrogens is 436 g/mol. The zero-order valence-corrected chi connectivity index (χ0v) is 19.6. The van der Waals surface area contributed by atoms with Crippen LogP contribution < -0.4 is 21.3 Å². The molecule has 0 rings (SSSR count). The monoisotopic (exact) mass is 472 g/mol. The SMILES string of the molecule is CC(C)[C@H](NC(=O)CCC(=O)O)C(=O)NCCCCNC(=O)[C@@H](NC(=O)CC(=O)O)C(C)C. The summed E-state index contributed by atoms with van der Waals surface area (Å²) in [5.41, 5.74) is 0. The Hall–Kier alpha value is -3.18. The van der Waals surface area contributed by atoms with Crippen LogP contribution >= 0.6 is 0 Å². The predicted molar refractivity (Wildman–Crippen MR) is 118 cm³/mol. The highest BCUT2D eigenvalue weighted by Crippen LogP contribution is 2.04. The standard InChI is InChI=1S/C21H36N4O8/c1-12(2)18(24-14(26)7-8-16(28)29)20(32)22-9-5-6-10-23-21(33)19(13(3)4)25-15(27)11-17(30)31/h12-13,18-19H,5-11H2,1-4H3,(H,22,32)(H,23,33)(H,24,26)(H,25,27)(H,28,29)(H,30,31)/t18-,19-/m0/s1. The molecule has 2 atom stereocenters. The van der Waals surface area contributed by atoms with Gasteiger partial charge in [0.25, 0.3) is 0 Å². The fourth-order valence-corrected chi connectivity index (χ4v) is 2.79. The summed E-state index contributed by atoms with van der Waals surface area (Å²) in [6.07, 6.45) is -0.156. The molecule has 0 aromatic heterocycles. The normalized spacial score (nSPS) is 12.5. The number of aliphatic carboxylic acids is 2. The van der Waals surface area contributed by atoms with Gasteiger partial charge in [-0.05, 0) is 24.7 Å². The van der Waals surface area contributed by atoms with Crippen molar-refractivity contribution in [1.29, 1.82) is 0 Å². The molecule has 12 heteroatoms. The van der Waals surface area contributed by atoms with Gasteiger partial charge in [-0.2, -0.15) is 0 Å². The lowest BCUT2D eigenvalue weighted by atomic mass is 10.0. The first-order valence-corrected chi connectivity index (χ1v) is 10.9. The fourth-order valence-electron chi connectivity index (χ4n) is 2.79. The Labute approximate surface area is 193 Å². The molecule has 0 heterocycles. The van der Waals surface area contributed by atoms with Crippen molar-refractivity contribution in [2.45, 2.75) is 71.9 Å². The van der Waals surface area contributed by atoms with Gasteiger partial charge in [0, 0.05) is 19.5 Å². The molecule has 0 fully saturated rings. The van der Waals surface area contributed by atoms with E-state index in [1.807, 2.05) is 0 Å². The van der Waals surface area contributed by atoms with Gasteiger partial charge >= 0.3 is 11.9 Å². The van der Waals surface area contributed by atoms with Crippen molar-refractivity contribution >= 4 is 35.6 Å². The van der Waals surface area contributed by atoms with E-state index < -0.39 is 48.2 Å². The maximum atomic E-state index is 12.3. The van der Waals surface area contributed by atoms with Crippen molar-refractivity contribution in [1.82, 2.24) is 21.3 Å². The first kappa shape index (κ1) is 29.8. The maximum Gasteiger partial charge on any atom is 0.312 e. The summed E-state index contributed by atoms with van der Waals surface area (Å²) in [5.74, 6) is -4.85. The number of hydrogen-bond donors (Lipinski definition) is 6. The molecule has 0 saturated carbocycles. The summed E-state index contributed by atoms with van der Waals surface area (Å²) in [5, 5.41) is 27.6. The first-order valence-electron chi connectivity index (χ1n) is 10.9. The van der Waals surface area contributed by atoms with Crippen LogP contribution in [0.4, 0.5) is 0 Å². The van der Waals surface area contributed by atoms with Crippen molar-refractivity contribution in [3.63, 3.8) is 0 Å². The van der Waals surface area contributed by atoms with Crippen LogP contribution in [0.1, 0.15) is 59.8 Å². The van der Waals surface area contributed by atoms with Crippen molar-refractivity contribution in [3.05, 3.63) is 0 Å². The molecule has 188 valence electrons. The van der Waals surface area contributed by atoms with E-state index in [1.54, 1.807) is 27.7 Å². The van der Waals surface area contributed by atoms with Crippen molar-refractivity contribution in [2.24, 2.45) is 11.8 Å². The molecule has 12 nitrogen and oxygen atoms in total. The Balaban J connectivity index is 4.36. The van der Waals surface area contributed by atoms with Gasteiger partial charge in [0.1, 0.15) is 18.5 Å². The molecule has 0 aromatic rings. The van der Waals surface area contributed by atoms with Crippen LogP contribution in [0.15, 0.2) is 0 Å². The van der Waals surface area contributed by atoms with Crippen LogP contribution in [-0.2, 0) is 28.8 Å². The third-order valence-corrected chi connectivity index (χ3v) is 4.61. The summed E-state index contributed by atoms with van der Waals surface area (Å²) < 4.78 is 0. The molecule has 0 aliphatic carbocycles. The van der Waals surface area contributed by atoms with Gasteiger partial charge in [0.05, 0.1) is 6.42 Å². The summed E-state index contributed by atoms with van der Waals surface area (Å²) in [6, 6.07) is -1.64. The van der Waals surface area contributed by atoms with Gasteiger partial charge in [-0.1, -0.05) is 27.7 Å². The molecule has 0 unspecified atom stereocenters. The van der Waals surface area contributed by atoms with Crippen molar-refractivity contribution < 1.29 is 39.0 Å². The summed E-state index contributed by atoms with van der Waals surface area (Å²) >= 11 is 0. The Kier molecular flexibility index (Phi) is 14.1. The Morgan fingerprint density at radius 3 is 1.42 bits per heavy atom. The van der Waals surface area contributed by atoms with Crippen LogP contribution in [0.3, 0.4) is 0 Å². The number of carboxylic acids is 2. The van der Waals surface area contributed by atoms with E-state index in [2.05, 4.69) is 21.3 Å². The highest BCUT2D eigenvalue weighted by molar-refractivity contribution is 5.96. The van der Waals surface area contributed by atoms with E-state index in [9.17, 15) is 28.8 Å². The number of unbranched alkanes of at least 4 members (excludes halogenated alkanes) is 1. The molecule has 4 amide bonds. The Morgan fingerprint density at radius 2 is 1.06 bits per heavy atom. The van der Waals surface area contributed by atoms with E-state index in [-0.39, 0.29) is 30.6 Å². The van der Waals surface area contributed by atoms with Crippen LogP contribution in [0.5, 0.6) is 0 Å². The minimum Gasteiger partial charge on any atom is -0.481 e. The van der Waals surface area contributed by atoms with E-state index in [1.165, 1.54) is 0 Å². The Morgan fingerprint density at radius 1 is 0.636 bits per heavy atom.